The van der Waals surface area contributed by atoms with Crippen molar-refractivity contribution in [1.29, 1.82) is 0 Å². The van der Waals surface area contributed by atoms with E-state index in [9.17, 15) is 0 Å². The van der Waals surface area contributed by atoms with E-state index < -0.39 is 0 Å². The van der Waals surface area contributed by atoms with Gasteiger partial charge in [0.25, 0.3) is 0 Å². The molecule has 0 bridgehead atoms. The van der Waals surface area contributed by atoms with Crippen LogP contribution in [0.5, 0.6) is 0 Å². The highest BCUT2D eigenvalue weighted by atomic mass is 15.2. The Kier molecular flexibility index (Phi) is 7.34. The first-order chi connectivity index (χ1) is 20.3. The molecule has 6 aromatic rings. The highest BCUT2D eigenvalue weighted by molar-refractivity contribution is 5.98. The fourth-order valence-corrected chi connectivity index (χ4v) is 6.80. The maximum atomic E-state index is 4.67. The molecule has 42 heavy (non-hydrogen) atoms. The van der Waals surface area contributed by atoms with Crippen LogP contribution in [0.2, 0.25) is 0 Å². The van der Waals surface area contributed by atoms with Gasteiger partial charge in [-0.3, -0.25) is 4.90 Å². The first-order valence-corrected chi connectivity index (χ1v) is 14.6. The number of fused-ring (bicyclic) bond motifs is 1. The number of hydrogen-bond acceptors (Lipinski definition) is 3. The molecule has 1 aromatic heterocycles. The van der Waals surface area contributed by atoms with Gasteiger partial charge in [-0.05, 0) is 110 Å². The van der Waals surface area contributed by atoms with Gasteiger partial charge in [-0.1, -0.05) is 83.9 Å². The second-order valence-corrected chi connectivity index (χ2v) is 11.6. The number of benzene rings is 5. The van der Waals surface area contributed by atoms with Gasteiger partial charge in [-0.25, -0.2) is 9.97 Å². The summed E-state index contributed by atoms with van der Waals surface area (Å²) in [5.74, 6) is 0.964. The van der Waals surface area contributed by atoms with Crippen molar-refractivity contribution < 1.29 is 0 Å². The molecule has 1 heterocycles. The van der Waals surface area contributed by atoms with Crippen LogP contribution in [0.25, 0.3) is 10.8 Å². The molecule has 0 saturated heterocycles. The Bertz CT molecular complexity index is 1780. The predicted octanol–water partition coefficient (Wildman–Crippen LogP) is 10.1. The molecule has 0 N–H and O–H groups in total. The van der Waals surface area contributed by atoms with Crippen LogP contribution in [0, 0.1) is 41.5 Å². The molecule has 0 amide bonds. The van der Waals surface area contributed by atoms with Gasteiger partial charge in [0.2, 0.25) is 0 Å². The minimum Gasteiger partial charge on any atom is -0.294 e. The van der Waals surface area contributed by atoms with Gasteiger partial charge in [0.05, 0.1) is 5.69 Å². The maximum absolute atomic E-state index is 4.67. The van der Waals surface area contributed by atoms with Gasteiger partial charge in [-0.15, -0.1) is 0 Å². The summed E-state index contributed by atoms with van der Waals surface area (Å²) in [4.78, 5) is 11.1. The molecular formula is C39H37N3. The zero-order chi connectivity index (χ0) is 29.4. The van der Waals surface area contributed by atoms with Crippen molar-refractivity contribution in [2.75, 3.05) is 4.90 Å². The van der Waals surface area contributed by atoms with Crippen LogP contribution in [-0.4, -0.2) is 9.97 Å². The molecule has 0 radical (unpaired) electrons. The number of nitrogens with zero attached hydrogens (tertiary/aromatic N) is 3. The summed E-state index contributed by atoms with van der Waals surface area (Å²) in [5, 5.41) is 2.37. The molecule has 0 atom stereocenters. The molecule has 6 rings (SSSR count). The third-order valence-electron chi connectivity index (χ3n) is 8.34. The Morgan fingerprint density at radius 3 is 1.74 bits per heavy atom. The van der Waals surface area contributed by atoms with Gasteiger partial charge in [0.1, 0.15) is 12.1 Å². The average molecular weight is 548 g/mol. The minimum atomic E-state index is 0.130. The van der Waals surface area contributed by atoms with Gasteiger partial charge in [0.15, 0.2) is 0 Å². The summed E-state index contributed by atoms with van der Waals surface area (Å²) in [6.45, 7) is 13.4. The van der Waals surface area contributed by atoms with Crippen LogP contribution in [0.15, 0.2) is 110 Å². The standard InChI is InChI=1S/C39H37N3/c1-25-20-27(3)37(28(4)21-25)39(38-29(5)22-26(2)23-30(38)6)32-14-16-33(17-15-32)42(36-18-19-40-24-41-36)35-13-9-11-31-10-7-8-12-34(31)35/h7-24,39H,1-6H3. The first-order valence-electron chi connectivity index (χ1n) is 14.6. The zero-order valence-corrected chi connectivity index (χ0v) is 25.3. The molecule has 0 spiro atoms. The number of hydrogen-bond donors (Lipinski definition) is 0. The predicted molar refractivity (Wildman–Crippen MR) is 176 cm³/mol. The van der Waals surface area contributed by atoms with E-state index >= 15 is 0 Å². The fourth-order valence-electron chi connectivity index (χ4n) is 6.80. The normalized spacial score (nSPS) is 11.3. The Morgan fingerprint density at radius 1 is 0.595 bits per heavy atom. The van der Waals surface area contributed by atoms with E-state index in [4.69, 9.17) is 0 Å². The van der Waals surface area contributed by atoms with E-state index in [0.29, 0.717) is 0 Å². The summed E-state index contributed by atoms with van der Waals surface area (Å²) in [7, 11) is 0. The van der Waals surface area contributed by atoms with E-state index in [2.05, 4.69) is 147 Å². The van der Waals surface area contributed by atoms with Gasteiger partial charge < -0.3 is 0 Å². The van der Waals surface area contributed by atoms with Crippen molar-refractivity contribution >= 4 is 28.0 Å². The molecule has 5 aromatic carbocycles. The highest BCUT2D eigenvalue weighted by Crippen LogP contribution is 2.42. The third kappa shape index (κ3) is 5.07. The molecule has 0 aliphatic carbocycles. The van der Waals surface area contributed by atoms with E-state index in [1.165, 1.54) is 60.8 Å². The second-order valence-electron chi connectivity index (χ2n) is 11.6. The molecule has 0 unspecified atom stereocenters. The topological polar surface area (TPSA) is 29.0 Å². The first kappa shape index (κ1) is 27.4. The lowest BCUT2D eigenvalue weighted by Crippen LogP contribution is -2.14. The van der Waals surface area contributed by atoms with Gasteiger partial charge in [0, 0.05) is 23.2 Å². The Balaban J connectivity index is 1.54. The van der Waals surface area contributed by atoms with Crippen molar-refractivity contribution in [1.82, 2.24) is 9.97 Å². The summed E-state index contributed by atoms with van der Waals surface area (Å²) < 4.78 is 0. The Labute approximate surface area is 249 Å². The molecule has 208 valence electrons. The van der Waals surface area contributed by atoms with E-state index in [0.717, 1.165) is 17.2 Å². The summed E-state index contributed by atoms with van der Waals surface area (Å²) in [6.07, 6.45) is 3.42. The summed E-state index contributed by atoms with van der Waals surface area (Å²) in [6, 6.07) is 35.3. The van der Waals surface area contributed by atoms with Crippen LogP contribution in [-0.2, 0) is 0 Å². The van der Waals surface area contributed by atoms with Crippen LogP contribution in [0.4, 0.5) is 17.2 Å². The summed E-state index contributed by atoms with van der Waals surface area (Å²) >= 11 is 0. The van der Waals surface area contributed by atoms with Gasteiger partial charge in [-0.2, -0.15) is 0 Å². The smallest absolute Gasteiger partial charge is 0.140 e. The quantitative estimate of drug-likeness (QED) is 0.194. The largest absolute Gasteiger partial charge is 0.294 e. The lowest BCUT2D eigenvalue weighted by Gasteiger charge is -2.29. The second kappa shape index (κ2) is 11.3. The third-order valence-corrected chi connectivity index (χ3v) is 8.34. The molecule has 0 aliphatic heterocycles. The van der Waals surface area contributed by atoms with Crippen molar-refractivity contribution in [3.8, 4) is 0 Å². The van der Waals surface area contributed by atoms with Crippen LogP contribution >= 0.6 is 0 Å². The Hall–Kier alpha value is -4.76. The fraction of sp³-hybridized carbons (Fsp3) is 0.179. The molecule has 0 fully saturated rings. The lowest BCUT2D eigenvalue weighted by molar-refractivity contribution is 0.919. The summed E-state index contributed by atoms with van der Waals surface area (Å²) in [5.41, 5.74) is 14.2. The zero-order valence-electron chi connectivity index (χ0n) is 25.3. The maximum Gasteiger partial charge on any atom is 0.140 e. The average Bonchev–Trinajstić information content (AvgIpc) is 2.97. The van der Waals surface area contributed by atoms with Crippen LogP contribution < -0.4 is 4.90 Å². The molecular weight excluding hydrogens is 510 g/mol. The van der Waals surface area contributed by atoms with Crippen molar-refractivity contribution in [3.63, 3.8) is 0 Å². The SMILES string of the molecule is Cc1cc(C)c(C(c2ccc(N(c3ccncn3)c3cccc4ccccc34)cc2)c2c(C)cc(C)cc2C)c(C)c1. The van der Waals surface area contributed by atoms with E-state index in [1.54, 1.807) is 12.5 Å². The molecule has 3 heteroatoms. The van der Waals surface area contributed by atoms with Crippen LogP contribution in [0.1, 0.15) is 56.0 Å². The van der Waals surface area contributed by atoms with E-state index in [1.807, 2.05) is 6.07 Å². The number of aromatic nitrogens is 2. The number of aryl methyl sites for hydroxylation is 6. The van der Waals surface area contributed by atoms with Gasteiger partial charge >= 0.3 is 0 Å². The Morgan fingerprint density at radius 2 is 1.17 bits per heavy atom. The molecule has 0 aliphatic rings. The lowest BCUT2D eigenvalue weighted by atomic mass is 9.77. The highest BCUT2D eigenvalue weighted by Gasteiger charge is 2.25. The van der Waals surface area contributed by atoms with E-state index in [-0.39, 0.29) is 5.92 Å². The van der Waals surface area contributed by atoms with Crippen molar-refractivity contribution in [2.24, 2.45) is 0 Å². The van der Waals surface area contributed by atoms with Crippen molar-refractivity contribution in [3.05, 3.63) is 160 Å². The van der Waals surface area contributed by atoms with Crippen LogP contribution in [0.3, 0.4) is 0 Å². The van der Waals surface area contributed by atoms with Crippen molar-refractivity contribution in [2.45, 2.75) is 47.5 Å². The molecule has 3 nitrogen and oxygen atoms in total. The minimum absolute atomic E-state index is 0.130. The molecule has 0 saturated carbocycles. The number of anilines is 3. The monoisotopic (exact) mass is 547 g/mol. The number of rotatable bonds is 6.